The minimum Gasteiger partial charge on any atom is -0.491 e. The average molecular weight is 373 g/mol. The van der Waals surface area contributed by atoms with Crippen molar-refractivity contribution in [3.8, 4) is 5.75 Å². The Kier molecular flexibility index (Phi) is 12.0. The van der Waals surface area contributed by atoms with Gasteiger partial charge in [-0.05, 0) is 49.8 Å². The summed E-state index contributed by atoms with van der Waals surface area (Å²) in [5.74, 6) is 0.976. The van der Waals surface area contributed by atoms with Crippen molar-refractivity contribution in [1.29, 1.82) is 0 Å². The maximum Gasteiger partial charge on any atom is 0.119 e. The van der Waals surface area contributed by atoms with Gasteiger partial charge in [0.2, 0.25) is 0 Å². The third-order valence-corrected chi connectivity index (χ3v) is 5.21. The van der Waals surface area contributed by atoms with Crippen LogP contribution < -0.4 is 4.74 Å². The Morgan fingerprint density at radius 3 is 2.30 bits per heavy atom. The molecule has 0 amide bonds. The predicted molar refractivity (Wildman–Crippen MR) is 116 cm³/mol. The lowest BCUT2D eigenvalue weighted by atomic mass is 10.1. The van der Waals surface area contributed by atoms with E-state index in [1.54, 1.807) is 0 Å². The van der Waals surface area contributed by atoms with Gasteiger partial charge in [-0.1, -0.05) is 82.6 Å². The number of unbranched alkanes of at least 4 members (excludes halogenated alkanes) is 10. The molecule has 1 atom stereocenters. The van der Waals surface area contributed by atoms with E-state index in [2.05, 4.69) is 37.3 Å². The smallest absolute Gasteiger partial charge is 0.119 e. The van der Waals surface area contributed by atoms with Gasteiger partial charge in [-0.3, -0.25) is 0 Å². The van der Waals surface area contributed by atoms with Crippen LogP contribution in [0.2, 0.25) is 0 Å². The van der Waals surface area contributed by atoms with Crippen molar-refractivity contribution in [2.75, 3.05) is 13.2 Å². The van der Waals surface area contributed by atoms with Gasteiger partial charge >= 0.3 is 0 Å². The first-order valence-corrected chi connectivity index (χ1v) is 11.4. The number of epoxide rings is 1. The zero-order chi connectivity index (χ0) is 19.0. The summed E-state index contributed by atoms with van der Waals surface area (Å²) in [4.78, 5) is 0. The van der Waals surface area contributed by atoms with Gasteiger partial charge in [-0.15, -0.1) is 0 Å². The van der Waals surface area contributed by atoms with Crippen LogP contribution in [0.3, 0.4) is 0 Å². The van der Waals surface area contributed by atoms with Crippen LogP contribution in [-0.2, 0) is 11.2 Å². The normalized spacial score (nSPS) is 16.1. The first-order chi connectivity index (χ1) is 13.4. The fourth-order valence-electron chi connectivity index (χ4n) is 3.38. The van der Waals surface area contributed by atoms with Crippen molar-refractivity contribution < 1.29 is 9.47 Å². The Balaban J connectivity index is 1.40. The van der Waals surface area contributed by atoms with E-state index >= 15 is 0 Å². The molecular weight excluding hydrogens is 332 g/mol. The standard InChI is InChI=1S/C25H40O2/c1-2-3-4-5-6-7-8-9-10-11-12-13-14-15-17-23-18-16-19-24(20-23)26-21-25-22-27-25/h12-13,16,18-20,25H,2-11,14-15,17,21-22H2,1H3/b13-12+. The van der Waals surface area contributed by atoms with E-state index in [0.29, 0.717) is 12.7 Å². The molecule has 1 fully saturated rings. The first-order valence-electron chi connectivity index (χ1n) is 11.4. The van der Waals surface area contributed by atoms with Gasteiger partial charge in [-0.25, -0.2) is 0 Å². The fraction of sp³-hybridized carbons (Fsp3) is 0.680. The van der Waals surface area contributed by atoms with Crippen molar-refractivity contribution in [2.45, 2.75) is 96.5 Å². The highest BCUT2D eigenvalue weighted by Gasteiger charge is 2.22. The van der Waals surface area contributed by atoms with E-state index in [9.17, 15) is 0 Å². The predicted octanol–water partition coefficient (Wildman–Crippen LogP) is 7.26. The second-order valence-electron chi connectivity index (χ2n) is 7.89. The van der Waals surface area contributed by atoms with Crippen LogP contribution in [0, 0.1) is 0 Å². The van der Waals surface area contributed by atoms with E-state index in [4.69, 9.17) is 9.47 Å². The molecule has 2 rings (SSSR count). The monoisotopic (exact) mass is 372 g/mol. The highest BCUT2D eigenvalue weighted by Crippen LogP contribution is 2.18. The lowest BCUT2D eigenvalue weighted by Crippen LogP contribution is -2.04. The van der Waals surface area contributed by atoms with Crippen LogP contribution in [0.1, 0.15) is 89.5 Å². The Bertz CT molecular complexity index is 505. The summed E-state index contributed by atoms with van der Waals surface area (Å²) in [5, 5.41) is 0. The summed E-state index contributed by atoms with van der Waals surface area (Å²) in [6, 6.07) is 8.51. The molecule has 27 heavy (non-hydrogen) atoms. The molecular formula is C25H40O2. The Labute approximate surface area is 167 Å². The zero-order valence-electron chi connectivity index (χ0n) is 17.5. The lowest BCUT2D eigenvalue weighted by Gasteiger charge is -2.06. The molecule has 0 saturated carbocycles. The summed E-state index contributed by atoms with van der Waals surface area (Å²) >= 11 is 0. The number of allylic oxidation sites excluding steroid dienone is 2. The molecule has 0 aromatic heterocycles. The fourth-order valence-corrected chi connectivity index (χ4v) is 3.38. The van der Waals surface area contributed by atoms with E-state index in [1.807, 2.05) is 6.07 Å². The molecule has 152 valence electrons. The lowest BCUT2D eigenvalue weighted by molar-refractivity contribution is 0.263. The number of benzene rings is 1. The van der Waals surface area contributed by atoms with Gasteiger partial charge in [0, 0.05) is 0 Å². The highest BCUT2D eigenvalue weighted by molar-refractivity contribution is 5.28. The molecule has 0 spiro atoms. The van der Waals surface area contributed by atoms with Crippen LogP contribution >= 0.6 is 0 Å². The molecule has 0 N–H and O–H groups in total. The maximum atomic E-state index is 5.76. The molecule has 1 aromatic carbocycles. The Morgan fingerprint density at radius 2 is 1.59 bits per heavy atom. The highest BCUT2D eigenvalue weighted by atomic mass is 16.6. The second kappa shape index (κ2) is 14.7. The number of hydrogen-bond donors (Lipinski definition) is 0. The quantitative estimate of drug-likeness (QED) is 0.163. The van der Waals surface area contributed by atoms with Gasteiger partial charge < -0.3 is 9.47 Å². The van der Waals surface area contributed by atoms with Crippen molar-refractivity contribution in [1.82, 2.24) is 0 Å². The topological polar surface area (TPSA) is 21.8 Å². The van der Waals surface area contributed by atoms with Crippen molar-refractivity contribution >= 4 is 0 Å². The number of aryl methyl sites for hydroxylation is 1. The van der Waals surface area contributed by atoms with Gasteiger partial charge in [0.1, 0.15) is 18.5 Å². The van der Waals surface area contributed by atoms with E-state index in [1.165, 1.54) is 82.6 Å². The Morgan fingerprint density at radius 1 is 0.926 bits per heavy atom. The molecule has 1 saturated heterocycles. The molecule has 2 nitrogen and oxygen atoms in total. The molecule has 0 radical (unpaired) electrons. The minimum absolute atomic E-state index is 0.324. The molecule has 0 bridgehead atoms. The van der Waals surface area contributed by atoms with E-state index in [0.717, 1.165) is 18.8 Å². The van der Waals surface area contributed by atoms with Gasteiger partial charge in [0.15, 0.2) is 0 Å². The molecule has 2 heteroatoms. The summed E-state index contributed by atoms with van der Waals surface area (Å²) in [7, 11) is 0. The third-order valence-electron chi connectivity index (χ3n) is 5.21. The first kappa shape index (κ1) is 22.0. The van der Waals surface area contributed by atoms with Crippen LogP contribution in [0.25, 0.3) is 0 Å². The van der Waals surface area contributed by atoms with Crippen molar-refractivity contribution in [2.24, 2.45) is 0 Å². The van der Waals surface area contributed by atoms with E-state index in [-0.39, 0.29) is 0 Å². The average Bonchev–Trinajstić information content (AvgIpc) is 3.51. The van der Waals surface area contributed by atoms with Crippen molar-refractivity contribution in [3.05, 3.63) is 42.0 Å². The molecule has 1 aromatic rings. The summed E-state index contributed by atoms with van der Waals surface area (Å²) in [6.45, 7) is 3.82. The van der Waals surface area contributed by atoms with E-state index < -0.39 is 0 Å². The summed E-state index contributed by atoms with van der Waals surface area (Å²) in [5.41, 5.74) is 1.37. The summed E-state index contributed by atoms with van der Waals surface area (Å²) in [6.07, 6.45) is 22.5. The summed E-state index contributed by atoms with van der Waals surface area (Å²) < 4.78 is 10.9. The minimum atomic E-state index is 0.324. The third kappa shape index (κ3) is 11.9. The maximum absolute atomic E-state index is 5.76. The molecule has 1 unspecified atom stereocenters. The molecule has 1 heterocycles. The van der Waals surface area contributed by atoms with Gasteiger partial charge in [0.25, 0.3) is 0 Å². The Hall–Kier alpha value is -1.28. The van der Waals surface area contributed by atoms with Gasteiger partial charge in [0.05, 0.1) is 6.61 Å². The van der Waals surface area contributed by atoms with Crippen LogP contribution in [-0.4, -0.2) is 19.3 Å². The number of hydrogen-bond acceptors (Lipinski definition) is 2. The van der Waals surface area contributed by atoms with Crippen LogP contribution in [0.5, 0.6) is 5.75 Å². The molecule has 1 aliphatic rings. The zero-order valence-corrected chi connectivity index (χ0v) is 17.5. The van der Waals surface area contributed by atoms with Gasteiger partial charge in [-0.2, -0.15) is 0 Å². The molecule has 0 aliphatic carbocycles. The van der Waals surface area contributed by atoms with Crippen molar-refractivity contribution in [3.63, 3.8) is 0 Å². The van der Waals surface area contributed by atoms with Crippen LogP contribution in [0.4, 0.5) is 0 Å². The number of ether oxygens (including phenoxy) is 2. The van der Waals surface area contributed by atoms with Crippen LogP contribution in [0.15, 0.2) is 36.4 Å². The second-order valence-corrected chi connectivity index (χ2v) is 7.89. The molecule has 1 aliphatic heterocycles. The SMILES string of the molecule is CCCCCCCCCCC/C=C/CCCc1cccc(OCC2CO2)c1. The largest absolute Gasteiger partial charge is 0.491 e. The number of rotatable bonds is 17.